The molecule has 3 N–H and O–H groups in total. The molecule has 36 heavy (non-hydrogen) atoms. The number of alkyl halides is 3. The number of amides is 1. The molecule has 2 aromatic carbocycles. The van der Waals surface area contributed by atoms with E-state index in [0.29, 0.717) is 11.1 Å². The second-order valence-corrected chi connectivity index (χ2v) is 10.6. The summed E-state index contributed by atoms with van der Waals surface area (Å²) in [5.74, 6) is -2.34. The highest BCUT2D eigenvalue weighted by Gasteiger charge is 2.47. The van der Waals surface area contributed by atoms with Crippen molar-refractivity contribution in [3.8, 4) is 0 Å². The number of halogens is 3. The number of nitrogens with one attached hydrogen (secondary N) is 1. The first-order valence-electron chi connectivity index (χ1n) is 11.3. The van der Waals surface area contributed by atoms with Gasteiger partial charge in [0, 0.05) is 6.54 Å². The van der Waals surface area contributed by atoms with Gasteiger partial charge in [-0.15, -0.1) is 0 Å². The molecule has 0 bridgehead atoms. The maximum atomic E-state index is 13.7. The van der Waals surface area contributed by atoms with Gasteiger partial charge in [0.15, 0.2) is 0 Å². The molecule has 8 nitrogen and oxygen atoms in total. The summed E-state index contributed by atoms with van der Waals surface area (Å²) in [6.07, 6.45) is -2.53. The van der Waals surface area contributed by atoms with Gasteiger partial charge in [-0.25, -0.2) is 18.1 Å². The molecule has 3 aromatic rings. The molecule has 4 rings (SSSR count). The number of hydrogen-bond acceptors (Lipinski definition) is 5. The molecule has 12 heteroatoms. The minimum Gasteiger partial charge on any atom is -0.364 e. The Morgan fingerprint density at radius 2 is 1.86 bits per heavy atom. The predicted molar refractivity (Wildman–Crippen MR) is 127 cm³/mol. The molecule has 1 amide bonds. The van der Waals surface area contributed by atoms with E-state index >= 15 is 0 Å². The average molecular weight is 522 g/mol. The molecule has 2 heterocycles. The highest BCUT2D eigenvalue weighted by molar-refractivity contribution is 7.89. The van der Waals surface area contributed by atoms with Crippen molar-refractivity contribution in [2.45, 2.75) is 43.4 Å². The Balaban J connectivity index is 1.71. The summed E-state index contributed by atoms with van der Waals surface area (Å²) in [6, 6.07) is 11.9. The number of primary amides is 1. The number of hydrogen-bond donors (Lipinski definition) is 2. The molecular weight excluding hydrogens is 495 g/mol. The summed E-state index contributed by atoms with van der Waals surface area (Å²) in [6.45, 7) is 1.65. The van der Waals surface area contributed by atoms with E-state index in [1.807, 2.05) is 6.92 Å². The molecule has 0 aliphatic carbocycles. The van der Waals surface area contributed by atoms with Gasteiger partial charge >= 0.3 is 6.18 Å². The van der Waals surface area contributed by atoms with Gasteiger partial charge in [0.25, 0.3) is 5.91 Å². The van der Waals surface area contributed by atoms with Gasteiger partial charge in [0.05, 0.1) is 29.6 Å². The van der Waals surface area contributed by atoms with Crippen LogP contribution in [0.25, 0.3) is 0 Å². The van der Waals surface area contributed by atoms with Gasteiger partial charge < -0.3 is 11.2 Å². The van der Waals surface area contributed by atoms with Crippen LogP contribution in [0.4, 0.5) is 13.2 Å². The summed E-state index contributed by atoms with van der Waals surface area (Å²) in [4.78, 5) is 15.5. The van der Waals surface area contributed by atoms with Crippen molar-refractivity contribution in [1.82, 2.24) is 14.0 Å². The van der Waals surface area contributed by atoms with Gasteiger partial charge in [-0.2, -0.15) is 17.5 Å². The van der Waals surface area contributed by atoms with Crippen molar-refractivity contribution >= 4 is 15.9 Å². The van der Waals surface area contributed by atoms with Crippen LogP contribution in [0.5, 0.6) is 0 Å². The number of carbonyl (C=O) groups excluding carboxylic acids is 1. The van der Waals surface area contributed by atoms with E-state index in [1.54, 1.807) is 36.4 Å². The van der Waals surface area contributed by atoms with Crippen LogP contribution in [-0.2, 0) is 16.6 Å². The fraction of sp³-hybridized carbons (Fsp3) is 0.333. The monoisotopic (exact) mass is 521 g/mol. The molecule has 2 atom stereocenters. The molecule has 1 aromatic heterocycles. The number of imidazole rings is 1. The lowest BCUT2D eigenvalue weighted by atomic mass is 9.86. The Bertz CT molecular complexity index is 1340. The molecule has 0 spiro atoms. The van der Waals surface area contributed by atoms with Crippen molar-refractivity contribution in [2.24, 2.45) is 11.7 Å². The molecule has 1 aliphatic heterocycles. The molecule has 1 saturated heterocycles. The Kier molecular flexibility index (Phi) is 7.10. The van der Waals surface area contributed by atoms with E-state index in [-0.39, 0.29) is 30.1 Å². The van der Waals surface area contributed by atoms with Crippen LogP contribution >= 0.6 is 0 Å². The lowest BCUT2D eigenvalue weighted by molar-refractivity contribution is -0.187. The van der Waals surface area contributed by atoms with Crippen LogP contribution in [0, 0.1) is 12.8 Å². The zero-order valence-corrected chi connectivity index (χ0v) is 20.3. The molecule has 0 unspecified atom stereocenters. The third-order valence-corrected chi connectivity index (χ3v) is 8.31. The van der Waals surface area contributed by atoms with Crippen molar-refractivity contribution in [1.29, 1.82) is 0 Å². The number of sulfonamides is 1. The summed E-state index contributed by atoms with van der Waals surface area (Å²) < 4.78 is 70.9. The Morgan fingerprint density at radius 3 is 2.53 bits per heavy atom. The molecule has 0 radical (unpaired) electrons. The van der Waals surface area contributed by atoms with Gasteiger partial charge in [-0.1, -0.05) is 42.0 Å². The first kappa shape index (κ1) is 25.7. The average Bonchev–Trinajstić information content (AvgIpc) is 3.31. The number of rotatable bonds is 7. The largest absolute Gasteiger partial charge is 0.391 e. The number of nitrogens with two attached hydrogens (primary N) is 1. The number of aromatic nitrogens is 2. The van der Waals surface area contributed by atoms with Crippen LogP contribution in [0.3, 0.4) is 0 Å². The van der Waals surface area contributed by atoms with Crippen LogP contribution in [-0.4, -0.2) is 41.0 Å². The predicted octanol–water partition coefficient (Wildman–Crippen LogP) is 3.74. The number of nitrogens with zero attached hydrogens (tertiary/aromatic N) is 3. The number of piperidine rings is 1. The lowest BCUT2D eigenvalue weighted by Crippen LogP contribution is -2.44. The van der Waals surface area contributed by atoms with Crippen LogP contribution in [0.1, 0.15) is 46.1 Å². The fourth-order valence-electron chi connectivity index (χ4n) is 4.45. The highest BCUT2D eigenvalue weighted by Crippen LogP contribution is 2.44. The summed E-state index contributed by atoms with van der Waals surface area (Å²) in [7, 11) is -4.07. The number of benzene rings is 2. The van der Waals surface area contributed by atoms with Crippen LogP contribution in [0.15, 0.2) is 66.0 Å². The van der Waals surface area contributed by atoms with E-state index in [2.05, 4.69) is 10.4 Å². The third kappa shape index (κ3) is 5.24. The first-order valence-corrected chi connectivity index (χ1v) is 12.7. The van der Waals surface area contributed by atoms with E-state index < -0.39 is 40.5 Å². The molecular formula is C24H26F3N5O3S. The molecule has 192 valence electrons. The second-order valence-electron chi connectivity index (χ2n) is 8.75. The number of aryl methyl sites for hydroxylation is 1. The summed E-state index contributed by atoms with van der Waals surface area (Å²) in [5.41, 5.74) is 10.3. The van der Waals surface area contributed by atoms with Gasteiger partial charge in [-0.3, -0.25) is 4.79 Å². The molecule has 1 aliphatic rings. The Hall–Kier alpha value is -3.38. The van der Waals surface area contributed by atoms with Gasteiger partial charge in [-0.05, 0) is 43.0 Å². The molecule has 0 saturated carbocycles. The quantitative estimate of drug-likeness (QED) is 0.492. The number of carbonyl (C=O) groups is 1. The smallest absolute Gasteiger partial charge is 0.364 e. The van der Waals surface area contributed by atoms with E-state index in [1.165, 1.54) is 33.6 Å². The minimum atomic E-state index is -4.45. The third-order valence-electron chi connectivity index (χ3n) is 6.39. The molecule has 1 fully saturated rings. The minimum absolute atomic E-state index is 0.0312. The standard InChI is InChI=1S/C24H26F3N5O3S/c1-16-6-8-19(9-7-16)36(34,35)32-11-10-18(24(25,26)27)12-21(32)20-5-3-2-4-17(20)13-30-31-15-29-14-22(31)23(28)33/h2-9,14-15,18,21,30H,10-13H2,1H3,(H2,28,33)/t18-,21+/m0/s1. The first-order chi connectivity index (χ1) is 17.0. The van der Waals surface area contributed by atoms with Gasteiger partial charge in [0.2, 0.25) is 10.0 Å². The Morgan fingerprint density at radius 1 is 1.17 bits per heavy atom. The second kappa shape index (κ2) is 9.94. The zero-order chi connectivity index (χ0) is 26.1. The zero-order valence-electron chi connectivity index (χ0n) is 19.4. The van der Waals surface area contributed by atoms with E-state index in [0.717, 1.165) is 5.56 Å². The van der Waals surface area contributed by atoms with E-state index in [9.17, 15) is 26.4 Å². The normalized spacial score (nSPS) is 19.2. The van der Waals surface area contributed by atoms with Crippen molar-refractivity contribution in [2.75, 3.05) is 12.0 Å². The summed E-state index contributed by atoms with van der Waals surface area (Å²) in [5, 5.41) is 0. The fourth-order valence-corrected chi connectivity index (χ4v) is 6.08. The topological polar surface area (TPSA) is 110 Å². The van der Waals surface area contributed by atoms with Crippen molar-refractivity contribution < 1.29 is 26.4 Å². The summed E-state index contributed by atoms with van der Waals surface area (Å²) >= 11 is 0. The van der Waals surface area contributed by atoms with Crippen LogP contribution < -0.4 is 11.2 Å². The highest BCUT2D eigenvalue weighted by atomic mass is 32.2. The Labute approximate surface area is 207 Å². The van der Waals surface area contributed by atoms with Gasteiger partial charge in [0.1, 0.15) is 12.0 Å². The van der Waals surface area contributed by atoms with Crippen LogP contribution in [0.2, 0.25) is 0 Å². The maximum Gasteiger partial charge on any atom is 0.391 e. The maximum absolute atomic E-state index is 13.7. The van der Waals surface area contributed by atoms with Crippen molar-refractivity contribution in [3.05, 3.63) is 83.4 Å². The lowest BCUT2D eigenvalue weighted by Gasteiger charge is -2.40. The SMILES string of the molecule is Cc1ccc(S(=O)(=O)N2CC[C@H](C(F)(F)F)C[C@@H]2c2ccccc2CNn2cncc2C(N)=O)cc1. The van der Waals surface area contributed by atoms with Crippen molar-refractivity contribution in [3.63, 3.8) is 0 Å². The van der Waals surface area contributed by atoms with E-state index in [4.69, 9.17) is 5.73 Å².